The van der Waals surface area contributed by atoms with Crippen molar-refractivity contribution in [2.45, 2.75) is 38.1 Å². The Morgan fingerprint density at radius 2 is 2.23 bits per heavy atom. The van der Waals surface area contributed by atoms with Gasteiger partial charge in [0.2, 0.25) is 0 Å². The van der Waals surface area contributed by atoms with E-state index in [-0.39, 0.29) is 24.7 Å². The quantitative estimate of drug-likeness (QED) is 0.654. The maximum absolute atomic E-state index is 11.4. The number of nitrogens with zero attached hydrogens (tertiary/aromatic N) is 2. The van der Waals surface area contributed by atoms with Crippen LogP contribution in [-0.2, 0) is 17.9 Å². The molecule has 3 rings (SSSR count). The molecule has 1 saturated carbocycles. The molecule has 1 aliphatic rings. The molecule has 0 aliphatic heterocycles. The van der Waals surface area contributed by atoms with E-state index in [1.54, 1.807) is 13.2 Å². The Kier molecular flexibility index (Phi) is 6.25. The molecule has 26 heavy (non-hydrogen) atoms. The lowest BCUT2D eigenvalue weighted by Crippen LogP contribution is -2.35. The van der Waals surface area contributed by atoms with Crippen LogP contribution in [0.15, 0.2) is 43.0 Å². The van der Waals surface area contributed by atoms with Crippen LogP contribution in [-0.4, -0.2) is 46.4 Å². The first-order chi connectivity index (χ1) is 12.7. The molecule has 140 valence electrons. The first kappa shape index (κ1) is 18.4. The van der Waals surface area contributed by atoms with Gasteiger partial charge >= 0.3 is 0 Å². The average molecular weight is 358 g/mol. The smallest absolute Gasteiger partial charge is 0.257 e. The molecule has 7 heteroatoms. The van der Waals surface area contributed by atoms with Crippen LogP contribution in [0.1, 0.15) is 18.4 Å². The Hall–Kier alpha value is -2.38. The summed E-state index contributed by atoms with van der Waals surface area (Å²) in [6, 6.07) is 7.70. The largest absolute Gasteiger partial charge is 0.483 e. The van der Waals surface area contributed by atoms with E-state index in [9.17, 15) is 9.90 Å². The number of aliphatic hydroxyl groups is 1. The Morgan fingerprint density at radius 3 is 3.00 bits per heavy atom. The topological polar surface area (TPSA) is 88.4 Å². The summed E-state index contributed by atoms with van der Waals surface area (Å²) in [5.74, 6) is 0.948. The number of hydrogen-bond donors (Lipinski definition) is 3. The minimum atomic E-state index is -0.359. The Morgan fingerprint density at radius 1 is 1.38 bits per heavy atom. The standard InChI is InChI=1S/C19H26N4O3/c1-20-19(25)12-26-18-5-3-2-4-15(18)10-22-16-8-14(9-17(16)24)11-23-7-6-21-13-23/h2-7,13-14,16-17,22,24H,8-12H2,1H3,(H,20,25)/t14?,16-,17-/m1/s1. The van der Waals surface area contributed by atoms with Gasteiger partial charge in [-0.05, 0) is 24.8 Å². The predicted molar refractivity (Wildman–Crippen MR) is 97.6 cm³/mol. The predicted octanol–water partition coefficient (Wildman–Crippen LogP) is 0.937. The van der Waals surface area contributed by atoms with E-state index < -0.39 is 0 Å². The van der Waals surface area contributed by atoms with Gasteiger partial charge in [0.05, 0.1) is 12.4 Å². The molecule has 1 unspecified atom stereocenters. The highest BCUT2D eigenvalue weighted by Gasteiger charge is 2.32. The number of para-hydroxylation sites is 1. The van der Waals surface area contributed by atoms with Crippen molar-refractivity contribution in [3.05, 3.63) is 48.5 Å². The second kappa shape index (κ2) is 8.82. The van der Waals surface area contributed by atoms with E-state index in [0.717, 1.165) is 24.9 Å². The van der Waals surface area contributed by atoms with E-state index in [1.165, 1.54) is 0 Å². The Labute approximate surface area is 153 Å². The highest BCUT2D eigenvalue weighted by molar-refractivity contribution is 5.77. The van der Waals surface area contributed by atoms with Crippen molar-refractivity contribution >= 4 is 5.91 Å². The monoisotopic (exact) mass is 358 g/mol. The molecular formula is C19H26N4O3. The molecule has 1 amide bonds. The molecule has 1 heterocycles. The number of ether oxygens (including phenoxy) is 1. The number of likely N-dealkylation sites (N-methyl/N-ethyl adjacent to an activating group) is 1. The summed E-state index contributed by atoms with van der Waals surface area (Å²) < 4.78 is 7.66. The van der Waals surface area contributed by atoms with Crippen molar-refractivity contribution in [3.63, 3.8) is 0 Å². The summed E-state index contributed by atoms with van der Waals surface area (Å²) in [5, 5.41) is 16.4. The van der Waals surface area contributed by atoms with E-state index >= 15 is 0 Å². The third-order valence-corrected chi connectivity index (χ3v) is 4.82. The number of nitrogens with one attached hydrogen (secondary N) is 2. The molecule has 2 aromatic rings. The van der Waals surface area contributed by atoms with Crippen molar-refractivity contribution in [3.8, 4) is 5.75 Å². The summed E-state index contributed by atoms with van der Waals surface area (Å²) in [5.41, 5.74) is 0.974. The summed E-state index contributed by atoms with van der Waals surface area (Å²) >= 11 is 0. The van der Waals surface area contributed by atoms with Gasteiger partial charge in [-0.3, -0.25) is 4.79 Å². The fraction of sp³-hybridized carbons (Fsp3) is 0.474. The highest BCUT2D eigenvalue weighted by atomic mass is 16.5. The second-order valence-electron chi connectivity index (χ2n) is 6.72. The number of carbonyl (C=O) groups excluding carboxylic acids is 1. The zero-order chi connectivity index (χ0) is 18.4. The molecule has 7 nitrogen and oxygen atoms in total. The fourth-order valence-corrected chi connectivity index (χ4v) is 3.43. The second-order valence-corrected chi connectivity index (χ2v) is 6.72. The molecule has 1 fully saturated rings. The fourth-order valence-electron chi connectivity index (χ4n) is 3.43. The molecule has 0 radical (unpaired) electrons. The molecule has 0 spiro atoms. The lowest BCUT2D eigenvalue weighted by atomic mass is 10.1. The van der Waals surface area contributed by atoms with Gasteiger partial charge < -0.3 is 25.0 Å². The van der Waals surface area contributed by atoms with Gasteiger partial charge in [0.15, 0.2) is 6.61 Å². The van der Waals surface area contributed by atoms with Crippen LogP contribution in [0.25, 0.3) is 0 Å². The summed E-state index contributed by atoms with van der Waals surface area (Å²) in [6.45, 7) is 1.46. The van der Waals surface area contributed by atoms with Crippen molar-refractivity contribution in [1.29, 1.82) is 0 Å². The van der Waals surface area contributed by atoms with Gasteiger partial charge in [-0.25, -0.2) is 4.98 Å². The van der Waals surface area contributed by atoms with Crippen LogP contribution in [0.4, 0.5) is 0 Å². The lowest BCUT2D eigenvalue weighted by molar-refractivity contribution is -0.122. The molecule has 3 atom stereocenters. The first-order valence-corrected chi connectivity index (χ1v) is 8.94. The highest BCUT2D eigenvalue weighted by Crippen LogP contribution is 2.28. The van der Waals surface area contributed by atoms with Crippen molar-refractivity contribution in [2.24, 2.45) is 5.92 Å². The molecule has 3 N–H and O–H groups in total. The van der Waals surface area contributed by atoms with Gasteiger partial charge in [0.1, 0.15) is 5.75 Å². The zero-order valence-electron chi connectivity index (χ0n) is 15.0. The van der Waals surface area contributed by atoms with E-state index in [0.29, 0.717) is 18.2 Å². The van der Waals surface area contributed by atoms with Crippen molar-refractivity contribution in [2.75, 3.05) is 13.7 Å². The lowest BCUT2D eigenvalue weighted by Gasteiger charge is -2.18. The average Bonchev–Trinajstić information content (AvgIpc) is 3.28. The summed E-state index contributed by atoms with van der Waals surface area (Å²) in [6.07, 6.45) is 6.88. The number of rotatable bonds is 8. The number of amides is 1. The van der Waals surface area contributed by atoms with Gasteiger partial charge in [0, 0.05) is 44.1 Å². The summed E-state index contributed by atoms with van der Waals surface area (Å²) in [4.78, 5) is 15.4. The Balaban J connectivity index is 1.53. The maximum Gasteiger partial charge on any atom is 0.257 e. The SMILES string of the molecule is CNC(=O)COc1ccccc1CN[C@@H]1CC(Cn2ccnc2)C[C@H]1O. The summed E-state index contributed by atoms with van der Waals surface area (Å²) in [7, 11) is 1.58. The normalized spacial score (nSPS) is 22.3. The van der Waals surface area contributed by atoms with Gasteiger partial charge in [-0.15, -0.1) is 0 Å². The number of imidazole rings is 1. The minimum absolute atomic E-state index is 0.00739. The van der Waals surface area contributed by atoms with Crippen LogP contribution >= 0.6 is 0 Å². The number of benzene rings is 1. The van der Waals surface area contributed by atoms with Crippen molar-refractivity contribution in [1.82, 2.24) is 20.2 Å². The van der Waals surface area contributed by atoms with Gasteiger partial charge in [-0.2, -0.15) is 0 Å². The minimum Gasteiger partial charge on any atom is -0.483 e. The number of carbonyl (C=O) groups is 1. The number of aliphatic hydroxyl groups excluding tert-OH is 1. The van der Waals surface area contributed by atoms with Gasteiger partial charge in [0.25, 0.3) is 5.91 Å². The molecular weight excluding hydrogens is 332 g/mol. The van der Waals surface area contributed by atoms with E-state index in [1.807, 2.05) is 36.8 Å². The molecule has 1 aromatic heterocycles. The maximum atomic E-state index is 11.4. The third kappa shape index (κ3) is 4.83. The van der Waals surface area contributed by atoms with Crippen LogP contribution in [0.2, 0.25) is 0 Å². The van der Waals surface area contributed by atoms with E-state index in [4.69, 9.17) is 4.74 Å². The Bertz CT molecular complexity index is 705. The molecule has 1 aliphatic carbocycles. The third-order valence-electron chi connectivity index (χ3n) is 4.82. The van der Waals surface area contributed by atoms with Crippen LogP contribution in [0.3, 0.4) is 0 Å². The van der Waals surface area contributed by atoms with Crippen LogP contribution in [0, 0.1) is 5.92 Å². The molecule has 0 bridgehead atoms. The van der Waals surface area contributed by atoms with E-state index in [2.05, 4.69) is 20.2 Å². The van der Waals surface area contributed by atoms with Crippen LogP contribution in [0.5, 0.6) is 5.75 Å². The number of hydrogen-bond acceptors (Lipinski definition) is 5. The van der Waals surface area contributed by atoms with Gasteiger partial charge in [-0.1, -0.05) is 18.2 Å². The first-order valence-electron chi connectivity index (χ1n) is 8.94. The number of aromatic nitrogens is 2. The van der Waals surface area contributed by atoms with Crippen molar-refractivity contribution < 1.29 is 14.6 Å². The molecule has 0 saturated heterocycles. The zero-order valence-corrected chi connectivity index (χ0v) is 15.0. The van der Waals surface area contributed by atoms with Crippen LogP contribution < -0.4 is 15.4 Å². The molecule has 1 aromatic carbocycles.